The monoisotopic (exact) mass is 446 g/mol. The number of nitrogens with two attached hydrogens (primary N) is 1. The second-order valence-electron chi connectivity index (χ2n) is 7.36. The highest BCUT2D eigenvalue weighted by atomic mass is 32.2. The second-order valence-corrected chi connectivity index (χ2v) is 8.92. The quantitative estimate of drug-likeness (QED) is 0.473. The van der Waals surface area contributed by atoms with Crippen LogP contribution in [0.25, 0.3) is 16.9 Å². The summed E-state index contributed by atoms with van der Waals surface area (Å²) in [6.45, 7) is 2.21. The average molecular weight is 447 g/mol. The number of aromatic nitrogens is 2. The van der Waals surface area contributed by atoms with Gasteiger partial charge in [-0.05, 0) is 42.3 Å². The molecule has 162 valence electrons. The average Bonchev–Trinajstić information content (AvgIpc) is 3.23. The van der Waals surface area contributed by atoms with E-state index in [0.29, 0.717) is 11.3 Å². The number of hydrogen-bond acceptors (Lipinski definition) is 4. The summed E-state index contributed by atoms with van der Waals surface area (Å²) in [6, 6.07) is 23.4. The molecule has 1 aromatic heterocycles. The van der Waals surface area contributed by atoms with Crippen molar-refractivity contribution >= 4 is 15.9 Å². The first-order valence-corrected chi connectivity index (χ1v) is 11.5. The summed E-state index contributed by atoms with van der Waals surface area (Å²) in [5.74, 6) is -0.277. The summed E-state index contributed by atoms with van der Waals surface area (Å²) in [4.78, 5) is 13.1. The van der Waals surface area contributed by atoms with Gasteiger partial charge in [0.25, 0.3) is 5.91 Å². The number of aryl methyl sites for hydroxylation is 1. The third-order valence-corrected chi connectivity index (χ3v) is 6.01. The van der Waals surface area contributed by atoms with E-state index in [1.54, 1.807) is 23.0 Å². The van der Waals surface area contributed by atoms with Crippen molar-refractivity contribution in [1.82, 2.24) is 15.1 Å². The van der Waals surface area contributed by atoms with Crippen molar-refractivity contribution in [2.75, 3.05) is 0 Å². The van der Waals surface area contributed by atoms with Gasteiger partial charge in [0.1, 0.15) is 5.69 Å². The zero-order valence-electron chi connectivity index (χ0n) is 17.4. The van der Waals surface area contributed by atoms with Gasteiger partial charge in [-0.3, -0.25) is 4.79 Å². The Kier molecular flexibility index (Phi) is 5.89. The number of amides is 1. The fourth-order valence-corrected chi connectivity index (χ4v) is 3.88. The Morgan fingerprint density at radius 1 is 0.969 bits per heavy atom. The summed E-state index contributed by atoms with van der Waals surface area (Å²) in [6.07, 6.45) is 1.72. The van der Waals surface area contributed by atoms with Crippen LogP contribution in [0.1, 0.15) is 21.5 Å². The lowest BCUT2D eigenvalue weighted by Gasteiger charge is -2.08. The lowest BCUT2D eigenvalue weighted by molar-refractivity contribution is 0.0951. The minimum absolute atomic E-state index is 0.0264. The molecular formula is C24H22N4O3S. The van der Waals surface area contributed by atoms with E-state index in [1.807, 2.05) is 61.5 Å². The highest BCUT2D eigenvalue weighted by molar-refractivity contribution is 7.89. The summed E-state index contributed by atoms with van der Waals surface area (Å²) >= 11 is 0. The predicted octanol–water partition coefficient (Wildman–Crippen LogP) is 3.43. The maximum atomic E-state index is 13.1. The molecule has 1 heterocycles. The van der Waals surface area contributed by atoms with E-state index < -0.39 is 10.0 Å². The highest BCUT2D eigenvalue weighted by Gasteiger charge is 2.19. The molecule has 0 saturated heterocycles. The molecule has 0 fully saturated rings. The van der Waals surface area contributed by atoms with E-state index in [2.05, 4.69) is 5.32 Å². The van der Waals surface area contributed by atoms with E-state index in [9.17, 15) is 13.2 Å². The van der Waals surface area contributed by atoms with Gasteiger partial charge in [0, 0.05) is 18.3 Å². The van der Waals surface area contributed by atoms with E-state index in [4.69, 9.17) is 10.2 Å². The largest absolute Gasteiger partial charge is 0.348 e. The molecule has 0 aliphatic rings. The lowest BCUT2D eigenvalue weighted by Crippen LogP contribution is -2.23. The molecule has 3 aromatic carbocycles. The number of carbonyl (C=O) groups excluding carboxylic acids is 1. The third kappa shape index (κ3) is 4.61. The number of carbonyl (C=O) groups is 1. The summed E-state index contributed by atoms with van der Waals surface area (Å²) in [5.41, 5.74) is 4.53. The van der Waals surface area contributed by atoms with Gasteiger partial charge in [0.15, 0.2) is 0 Å². The Labute approximate surface area is 186 Å². The molecule has 0 radical (unpaired) electrons. The van der Waals surface area contributed by atoms with Crippen LogP contribution in [-0.2, 0) is 16.6 Å². The first-order chi connectivity index (χ1) is 15.3. The molecule has 32 heavy (non-hydrogen) atoms. The lowest BCUT2D eigenvalue weighted by atomic mass is 10.0. The van der Waals surface area contributed by atoms with Gasteiger partial charge in [-0.1, -0.05) is 54.6 Å². The van der Waals surface area contributed by atoms with E-state index >= 15 is 0 Å². The van der Waals surface area contributed by atoms with Gasteiger partial charge < -0.3 is 5.32 Å². The van der Waals surface area contributed by atoms with Crippen molar-refractivity contribution in [3.8, 4) is 16.9 Å². The van der Waals surface area contributed by atoms with Crippen LogP contribution in [0, 0.1) is 6.92 Å². The molecule has 0 aliphatic carbocycles. The van der Waals surface area contributed by atoms with Crippen molar-refractivity contribution in [3.05, 3.63) is 102 Å². The van der Waals surface area contributed by atoms with Crippen molar-refractivity contribution in [1.29, 1.82) is 0 Å². The summed E-state index contributed by atoms with van der Waals surface area (Å²) in [7, 11) is -3.76. The number of nitrogens with zero attached hydrogens (tertiary/aromatic N) is 2. The Hall–Kier alpha value is -3.75. The Morgan fingerprint density at radius 3 is 2.28 bits per heavy atom. The second kappa shape index (κ2) is 8.78. The van der Waals surface area contributed by atoms with Crippen LogP contribution in [0.15, 0.2) is 90.0 Å². The number of rotatable bonds is 6. The Balaban J connectivity index is 1.63. The number of hydrogen-bond donors (Lipinski definition) is 2. The van der Waals surface area contributed by atoms with Crippen LogP contribution in [-0.4, -0.2) is 24.1 Å². The Morgan fingerprint density at radius 2 is 1.62 bits per heavy atom. The van der Waals surface area contributed by atoms with E-state index in [0.717, 1.165) is 22.4 Å². The molecule has 0 saturated carbocycles. The third-order valence-electron chi connectivity index (χ3n) is 5.08. The van der Waals surface area contributed by atoms with Gasteiger partial charge >= 0.3 is 0 Å². The van der Waals surface area contributed by atoms with Crippen LogP contribution in [0.2, 0.25) is 0 Å². The van der Waals surface area contributed by atoms with Crippen LogP contribution < -0.4 is 10.5 Å². The number of benzene rings is 3. The van der Waals surface area contributed by atoms with Gasteiger partial charge in [0.2, 0.25) is 10.0 Å². The smallest absolute Gasteiger partial charge is 0.255 e. The van der Waals surface area contributed by atoms with Crippen LogP contribution in [0.5, 0.6) is 0 Å². The standard InChI is InChI=1S/C24H22N4O3S/c1-17-7-5-6-10-21(17)23-22(16-28(27-23)19-8-3-2-4-9-19)24(29)26-15-18-11-13-20(14-12-18)32(25,30)31/h2-14,16H,15H2,1H3,(H,26,29)(H2,25,30,31). The molecule has 1 amide bonds. The topological polar surface area (TPSA) is 107 Å². The van der Waals surface area contributed by atoms with Crippen LogP contribution >= 0.6 is 0 Å². The van der Waals surface area contributed by atoms with Crippen molar-refractivity contribution < 1.29 is 13.2 Å². The number of nitrogens with one attached hydrogen (secondary N) is 1. The number of sulfonamides is 1. The minimum Gasteiger partial charge on any atom is -0.348 e. The predicted molar refractivity (Wildman–Crippen MR) is 123 cm³/mol. The van der Waals surface area contributed by atoms with Gasteiger partial charge in [-0.25, -0.2) is 18.2 Å². The summed E-state index contributed by atoms with van der Waals surface area (Å²) in [5, 5.41) is 12.7. The maximum Gasteiger partial charge on any atom is 0.255 e. The summed E-state index contributed by atoms with van der Waals surface area (Å²) < 4.78 is 24.5. The minimum atomic E-state index is -3.76. The van der Waals surface area contributed by atoms with E-state index in [1.165, 1.54) is 12.1 Å². The van der Waals surface area contributed by atoms with Crippen molar-refractivity contribution in [3.63, 3.8) is 0 Å². The molecule has 4 rings (SSSR count). The molecule has 8 heteroatoms. The molecule has 0 atom stereocenters. The highest BCUT2D eigenvalue weighted by Crippen LogP contribution is 2.26. The molecule has 0 aliphatic heterocycles. The zero-order valence-corrected chi connectivity index (χ0v) is 18.2. The normalized spacial score (nSPS) is 11.3. The van der Waals surface area contributed by atoms with Gasteiger partial charge in [0.05, 0.1) is 16.1 Å². The SMILES string of the molecule is Cc1ccccc1-c1nn(-c2ccccc2)cc1C(=O)NCc1ccc(S(N)(=O)=O)cc1. The fraction of sp³-hybridized carbons (Fsp3) is 0.0833. The first-order valence-electron chi connectivity index (χ1n) is 9.94. The molecule has 4 aromatic rings. The number of para-hydroxylation sites is 1. The van der Waals surface area contributed by atoms with Gasteiger partial charge in [-0.15, -0.1) is 0 Å². The molecule has 7 nitrogen and oxygen atoms in total. The first kappa shape index (κ1) is 21.5. The maximum absolute atomic E-state index is 13.1. The fourth-order valence-electron chi connectivity index (χ4n) is 3.37. The zero-order chi connectivity index (χ0) is 22.7. The molecule has 0 spiro atoms. The number of primary sulfonamides is 1. The molecule has 3 N–H and O–H groups in total. The molecular weight excluding hydrogens is 424 g/mol. The van der Waals surface area contributed by atoms with Crippen LogP contribution in [0.3, 0.4) is 0 Å². The van der Waals surface area contributed by atoms with Crippen molar-refractivity contribution in [2.24, 2.45) is 5.14 Å². The molecule has 0 unspecified atom stereocenters. The Bertz CT molecular complexity index is 1360. The van der Waals surface area contributed by atoms with Crippen LogP contribution in [0.4, 0.5) is 0 Å². The van der Waals surface area contributed by atoms with Gasteiger partial charge in [-0.2, -0.15) is 5.10 Å². The van der Waals surface area contributed by atoms with E-state index in [-0.39, 0.29) is 17.3 Å². The molecule has 0 bridgehead atoms. The van der Waals surface area contributed by atoms with Crippen molar-refractivity contribution in [2.45, 2.75) is 18.4 Å².